The van der Waals surface area contributed by atoms with Crippen molar-refractivity contribution >= 4 is 17.7 Å². The fourth-order valence-corrected chi connectivity index (χ4v) is 2.30. The molecule has 1 rings (SSSR count). The third-order valence-electron chi connectivity index (χ3n) is 3.63. The maximum absolute atomic E-state index is 11.9. The van der Waals surface area contributed by atoms with E-state index in [1.807, 2.05) is 6.92 Å². The first-order valence-corrected chi connectivity index (χ1v) is 7.03. The summed E-state index contributed by atoms with van der Waals surface area (Å²) in [5.74, 6) is -1.33. The number of hydrogen-bond acceptors (Lipinski definition) is 3. The van der Waals surface area contributed by atoms with Gasteiger partial charge >= 0.3 is 12.0 Å². The van der Waals surface area contributed by atoms with Crippen LogP contribution in [0.3, 0.4) is 0 Å². The first-order valence-electron chi connectivity index (χ1n) is 7.03. The number of carbonyl (C=O) groups excluding carboxylic acids is 1. The molecule has 0 saturated heterocycles. The maximum atomic E-state index is 11.9. The van der Waals surface area contributed by atoms with E-state index < -0.39 is 17.7 Å². The van der Waals surface area contributed by atoms with Crippen LogP contribution in [0.4, 0.5) is 10.5 Å². The number of amides is 2. The van der Waals surface area contributed by atoms with Gasteiger partial charge < -0.3 is 20.8 Å². The van der Waals surface area contributed by atoms with Crippen LogP contribution < -0.4 is 10.6 Å². The number of phenols is 1. The molecule has 1 atom stereocenters. The van der Waals surface area contributed by atoms with Gasteiger partial charge in [0.1, 0.15) is 5.56 Å². The second-order valence-electron chi connectivity index (χ2n) is 4.97. The van der Waals surface area contributed by atoms with Gasteiger partial charge in [-0.2, -0.15) is 0 Å². The highest BCUT2D eigenvalue weighted by molar-refractivity contribution is 5.97. The predicted molar refractivity (Wildman–Crippen MR) is 80.8 cm³/mol. The zero-order valence-corrected chi connectivity index (χ0v) is 12.5. The maximum Gasteiger partial charge on any atom is 0.339 e. The normalized spacial score (nSPS) is 12.0. The Hall–Kier alpha value is -2.24. The van der Waals surface area contributed by atoms with Crippen LogP contribution in [0.5, 0.6) is 5.75 Å². The molecule has 6 nitrogen and oxygen atoms in total. The van der Waals surface area contributed by atoms with Gasteiger partial charge in [0.2, 0.25) is 0 Å². The average molecular weight is 294 g/mol. The number of nitrogens with one attached hydrogen (secondary N) is 2. The summed E-state index contributed by atoms with van der Waals surface area (Å²) in [5, 5.41) is 24.0. The summed E-state index contributed by atoms with van der Waals surface area (Å²) >= 11 is 0. The number of carboxylic acids is 1. The molecule has 116 valence electrons. The number of hydrogen-bond donors (Lipinski definition) is 4. The van der Waals surface area contributed by atoms with Crippen molar-refractivity contribution in [3.8, 4) is 5.75 Å². The van der Waals surface area contributed by atoms with E-state index in [1.165, 1.54) is 18.2 Å². The van der Waals surface area contributed by atoms with Crippen molar-refractivity contribution in [2.24, 2.45) is 5.92 Å². The second kappa shape index (κ2) is 7.52. The van der Waals surface area contributed by atoms with Gasteiger partial charge in [-0.05, 0) is 25.0 Å². The Bertz CT molecular complexity index is 512. The number of aromatic hydroxyl groups is 1. The lowest BCUT2D eigenvalue weighted by Gasteiger charge is -2.22. The van der Waals surface area contributed by atoms with E-state index in [0.717, 1.165) is 12.8 Å². The summed E-state index contributed by atoms with van der Waals surface area (Å²) in [6, 6.07) is 3.71. The van der Waals surface area contributed by atoms with Crippen LogP contribution in [0.2, 0.25) is 0 Å². The molecule has 21 heavy (non-hydrogen) atoms. The molecule has 6 heteroatoms. The topological polar surface area (TPSA) is 98.7 Å². The van der Waals surface area contributed by atoms with Crippen molar-refractivity contribution in [1.29, 1.82) is 0 Å². The molecular weight excluding hydrogens is 272 g/mol. The van der Waals surface area contributed by atoms with Crippen molar-refractivity contribution in [3.63, 3.8) is 0 Å². The van der Waals surface area contributed by atoms with E-state index in [2.05, 4.69) is 24.5 Å². The SMILES string of the molecule is CCC(CC)C(C)NC(=O)Nc1cccc(C(=O)O)c1O. The minimum absolute atomic E-state index is 0.00945. The number of para-hydroxylation sites is 1. The van der Waals surface area contributed by atoms with Crippen molar-refractivity contribution < 1.29 is 19.8 Å². The third-order valence-corrected chi connectivity index (χ3v) is 3.63. The minimum Gasteiger partial charge on any atom is -0.505 e. The Balaban J connectivity index is 2.76. The summed E-state index contributed by atoms with van der Waals surface area (Å²) in [6.45, 7) is 6.05. The second-order valence-corrected chi connectivity index (χ2v) is 4.97. The fraction of sp³-hybridized carbons (Fsp3) is 0.467. The molecule has 0 aromatic heterocycles. The first kappa shape index (κ1) is 16.8. The van der Waals surface area contributed by atoms with Crippen LogP contribution in [-0.4, -0.2) is 28.3 Å². The van der Waals surface area contributed by atoms with Gasteiger partial charge in [-0.15, -0.1) is 0 Å². The largest absolute Gasteiger partial charge is 0.505 e. The molecule has 0 saturated carbocycles. The molecule has 0 aliphatic heterocycles. The molecule has 0 bridgehead atoms. The minimum atomic E-state index is -1.25. The zero-order chi connectivity index (χ0) is 16.0. The Kier molecular flexibility index (Phi) is 6.02. The fourth-order valence-electron chi connectivity index (χ4n) is 2.30. The van der Waals surface area contributed by atoms with Crippen molar-refractivity contribution in [1.82, 2.24) is 5.32 Å². The summed E-state index contributed by atoms with van der Waals surface area (Å²) in [7, 11) is 0. The van der Waals surface area contributed by atoms with Crippen molar-refractivity contribution in [3.05, 3.63) is 23.8 Å². The van der Waals surface area contributed by atoms with E-state index in [9.17, 15) is 14.7 Å². The molecule has 1 unspecified atom stereocenters. The molecule has 4 N–H and O–H groups in total. The van der Waals surface area contributed by atoms with Gasteiger partial charge in [-0.25, -0.2) is 9.59 Å². The van der Waals surface area contributed by atoms with Crippen molar-refractivity contribution in [2.45, 2.75) is 39.7 Å². The van der Waals surface area contributed by atoms with E-state index in [1.54, 1.807) is 0 Å². The molecule has 0 fully saturated rings. The number of rotatable bonds is 6. The Labute approximate surface area is 124 Å². The molecular formula is C15H22N2O4. The van der Waals surface area contributed by atoms with E-state index in [0.29, 0.717) is 5.92 Å². The summed E-state index contributed by atoms with van der Waals surface area (Å²) < 4.78 is 0. The molecule has 0 aliphatic rings. The highest BCUT2D eigenvalue weighted by Crippen LogP contribution is 2.27. The number of aromatic carboxylic acids is 1. The lowest BCUT2D eigenvalue weighted by Crippen LogP contribution is -2.40. The van der Waals surface area contributed by atoms with Gasteiger partial charge in [-0.3, -0.25) is 0 Å². The van der Waals surface area contributed by atoms with Gasteiger partial charge in [0, 0.05) is 6.04 Å². The average Bonchev–Trinajstić information content (AvgIpc) is 2.42. The monoisotopic (exact) mass is 294 g/mol. The number of benzene rings is 1. The lowest BCUT2D eigenvalue weighted by atomic mass is 9.96. The number of carboxylic acid groups (broad SMARTS) is 1. The standard InChI is InChI=1S/C15H22N2O4/c1-4-10(5-2)9(3)16-15(21)17-12-8-6-7-11(13(12)18)14(19)20/h6-10,18H,4-5H2,1-3H3,(H,19,20)(H2,16,17,21). The number of urea groups is 1. The van der Waals surface area contributed by atoms with Crippen LogP contribution in [0.1, 0.15) is 44.0 Å². The third kappa shape index (κ3) is 4.37. The molecule has 2 amide bonds. The van der Waals surface area contributed by atoms with Crippen molar-refractivity contribution in [2.75, 3.05) is 5.32 Å². The molecule has 0 spiro atoms. The quantitative estimate of drug-likeness (QED) is 0.606. The van der Waals surface area contributed by atoms with Crippen LogP contribution in [-0.2, 0) is 0 Å². The number of carbonyl (C=O) groups is 2. The van der Waals surface area contributed by atoms with Crippen LogP contribution in [0.15, 0.2) is 18.2 Å². The Morgan fingerprint density at radius 1 is 1.24 bits per heavy atom. The Morgan fingerprint density at radius 3 is 2.38 bits per heavy atom. The molecule has 1 aromatic carbocycles. The van der Waals surface area contributed by atoms with E-state index in [-0.39, 0.29) is 17.3 Å². The highest BCUT2D eigenvalue weighted by atomic mass is 16.4. The van der Waals surface area contributed by atoms with Crippen LogP contribution in [0, 0.1) is 5.92 Å². The van der Waals surface area contributed by atoms with Crippen LogP contribution >= 0.6 is 0 Å². The smallest absolute Gasteiger partial charge is 0.339 e. The zero-order valence-electron chi connectivity index (χ0n) is 12.5. The molecule has 0 radical (unpaired) electrons. The van der Waals surface area contributed by atoms with Gasteiger partial charge in [0.25, 0.3) is 0 Å². The van der Waals surface area contributed by atoms with Crippen LogP contribution in [0.25, 0.3) is 0 Å². The van der Waals surface area contributed by atoms with Gasteiger partial charge in [-0.1, -0.05) is 32.8 Å². The first-order chi connectivity index (χ1) is 9.90. The summed E-state index contributed by atoms with van der Waals surface area (Å²) in [5.41, 5.74) is -0.176. The highest BCUT2D eigenvalue weighted by Gasteiger charge is 2.18. The van der Waals surface area contributed by atoms with E-state index >= 15 is 0 Å². The summed E-state index contributed by atoms with van der Waals surface area (Å²) in [4.78, 5) is 22.8. The lowest BCUT2D eigenvalue weighted by molar-refractivity contribution is 0.0693. The molecule has 1 aromatic rings. The summed E-state index contributed by atoms with van der Waals surface area (Å²) in [6.07, 6.45) is 1.91. The van der Waals surface area contributed by atoms with Gasteiger partial charge in [0.05, 0.1) is 5.69 Å². The molecule has 0 aliphatic carbocycles. The Morgan fingerprint density at radius 2 is 1.86 bits per heavy atom. The predicted octanol–water partition coefficient (Wildman–Crippen LogP) is 3.04. The molecule has 0 heterocycles. The van der Waals surface area contributed by atoms with Gasteiger partial charge in [0.15, 0.2) is 5.75 Å². The number of anilines is 1. The van der Waals surface area contributed by atoms with E-state index in [4.69, 9.17) is 5.11 Å².